The summed E-state index contributed by atoms with van der Waals surface area (Å²) in [5.41, 5.74) is 1.01. The molecule has 0 fully saturated rings. The lowest BCUT2D eigenvalue weighted by atomic mass is 9.87. The van der Waals surface area contributed by atoms with Gasteiger partial charge in [0.25, 0.3) is 0 Å². The van der Waals surface area contributed by atoms with Crippen LogP contribution >= 0.6 is 12.4 Å². The number of nitrogens with one attached hydrogen (secondary N) is 1. The highest BCUT2D eigenvalue weighted by molar-refractivity contribution is 5.85. The van der Waals surface area contributed by atoms with E-state index in [4.69, 9.17) is 4.74 Å². The van der Waals surface area contributed by atoms with E-state index in [1.54, 1.807) is 0 Å². The van der Waals surface area contributed by atoms with Gasteiger partial charge in [-0.3, -0.25) is 0 Å². The Hall–Kier alpha value is -1.08. The molecule has 1 atom stereocenters. The second kappa shape index (κ2) is 5.92. The first-order chi connectivity index (χ1) is 8.56. The predicted octanol–water partition coefficient (Wildman–Crippen LogP) is 3.09. The lowest BCUT2D eigenvalue weighted by Gasteiger charge is -2.26. The van der Waals surface area contributed by atoms with Gasteiger partial charge in [0.1, 0.15) is 6.07 Å². The number of benzene rings is 1. The number of nitriles is 1. The zero-order valence-electron chi connectivity index (χ0n) is 11.7. The quantitative estimate of drug-likeness (QED) is 0.862. The van der Waals surface area contributed by atoms with Crippen molar-refractivity contribution in [3.8, 4) is 6.07 Å². The van der Waals surface area contributed by atoms with Gasteiger partial charge in [0.05, 0.1) is 5.60 Å². The van der Waals surface area contributed by atoms with Gasteiger partial charge in [-0.1, -0.05) is 24.3 Å². The number of hydrogen-bond donors (Lipinski definition) is 1. The van der Waals surface area contributed by atoms with E-state index in [1.165, 1.54) is 0 Å². The molecular weight excluding hydrogens is 260 g/mol. The molecule has 1 aliphatic rings. The Balaban J connectivity index is 0.00000180. The number of fused-ring (bicyclic) bond motifs is 1. The van der Waals surface area contributed by atoms with Crippen molar-refractivity contribution in [2.24, 2.45) is 0 Å². The topological polar surface area (TPSA) is 45.0 Å². The Bertz CT molecular complexity index is 481. The van der Waals surface area contributed by atoms with Crippen LogP contribution in [0.4, 0.5) is 0 Å². The Morgan fingerprint density at radius 1 is 1.26 bits per heavy atom. The van der Waals surface area contributed by atoms with Crippen LogP contribution < -0.4 is 5.32 Å². The molecule has 2 rings (SSSR count). The van der Waals surface area contributed by atoms with Crippen LogP contribution in [0.2, 0.25) is 0 Å². The summed E-state index contributed by atoms with van der Waals surface area (Å²) in [5.74, 6) is 0. The lowest BCUT2D eigenvalue weighted by Crippen LogP contribution is -2.28. The van der Waals surface area contributed by atoms with Gasteiger partial charge >= 0.3 is 0 Å². The summed E-state index contributed by atoms with van der Waals surface area (Å²) in [5, 5.41) is 12.7. The molecule has 1 unspecified atom stereocenters. The van der Waals surface area contributed by atoms with Gasteiger partial charge in [0, 0.05) is 5.56 Å². The maximum Gasteiger partial charge on any atom is 0.181 e. The first kappa shape index (κ1) is 16.0. The average Bonchev–Trinajstić information content (AvgIpc) is 2.60. The van der Waals surface area contributed by atoms with Crippen molar-refractivity contribution < 1.29 is 4.74 Å². The maximum absolute atomic E-state index is 9.60. The number of rotatable bonds is 4. The molecule has 0 radical (unpaired) electrons. The molecule has 4 heteroatoms. The van der Waals surface area contributed by atoms with Crippen LogP contribution in [-0.4, -0.2) is 13.6 Å². The molecule has 0 saturated carbocycles. The summed E-state index contributed by atoms with van der Waals surface area (Å²) in [4.78, 5) is 0. The van der Waals surface area contributed by atoms with Crippen LogP contribution in [0, 0.1) is 11.3 Å². The van der Waals surface area contributed by atoms with E-state index in [0.29, 0.717) is 0 Å². The van der Waals surface area contributed by atoms with Crippen LogP contribution in [0.15, 0.2) is 24.3 Å². The molecule has 1 aromatic rings. The molecule has 1 heterocycles. The first-order valence-electron chi connectivity index (χ1n) is 6.42. The highest BCUT2D eigenvalue weighted by Crippen LogP contribution is 2.48. The molecule has 0 aromatic heterocycles. The maximum atomic E-state index is 9.60. The van der Waals surface area contributed by atoms with Crippen molar-refractivity contribution in [1.82, 2.24) is 5.32 Å². The van der Waals surface area contributed by atoms with E-state index in [0.717, 1.165) is 30.5 Å². The number of ether oxygens (including phenoxy) is 1. The summed E-state index contributed by atoms with van der Waals surface area (Å²) < 4.78 is 6.11. The van der Waals surface area contributed by atoms with Crippen LogP contribution in [0.3, 0.4) is 0 Å². The highest BCUT2D eigenvalue weighted by atomic mass is 35.5. The number of halogens is 1. The number of hydrogen-bond acceptors (Lipinski definition) is 3. The van der Waals surface area contributed by atoms with E-state index in [1.807, 2.05) is 39.1 Å². The van der Waals surface area contributed by atoms with Crippen LogP contribution in [0.5, 0.6) is 0 Å². The van der Waals surface area contributed by atoms with Crippen LogP contribution in [0.25, 0.3) is 0 Å². The third kappa shape index (κ3) is 2.76. The Morgan fingerprint density at radius 3 is 2.47 bits per heavy atom. The largest absolute Gasteiger partial charge is 0.345 e. The average molecular weight is 281 g/mol. The van der Waals surface area contributed by atoms with Crippen molar-refractivity contribution in [3.05, 3.63) is 35.4 Å². The zero-order valence-corrected chi connectivity index (χ0v) is 12.5. The lowest BCUT2D eigenvalue weighted by molar-refractivity contribution is -0.0979. The molecule has 0 bridgehead atoms. The summed E-state index contributed by atoms with van der Waals surface area (Å²) in [6.45, 7) is 4.96. The van der Waals surface area contributed by atoms with Gasteiger partial charge in [-0.05, 0) is 45.8 Å². The fraction of sp³-hybridized carbons (Fsp3) is 0.533. The normalized spacial score (nSPS) is 23.3. The van der Waals surface area contributed by atoms with Crippen molar-refractivity contribution >= 4 is 12.4 Å². The molecule has 1 aliphatic heterocycles. The zero-order chi connectivity index (χ0) is 13.2. The molecule has 0 amide bonds. The third-order valence-corrected chi connectivity index (χ3v) is 3.58. The molecule has 1 aromatic carbocycles. The van der Waals surface area contributed by atoms with Crippen molar-refractivity contribution in [3.63, 3.8) is 0 Å². The van der Waals surface area contributed by atoms with E-state index in [2.05, 4.69) is 17.5 Å². The third-order valence-electron chi connectivity index (χ3n) is 3.58. The fourth-order valence-electron chi connectivity index (χ4n) is 2.74. The summed E-state index contributed by atoms with van der Waals surface area (Å²) in [7, 11) is 1.92. The van der Waals surface area contributed by atoms with E-state index < -0.39 is 5.60 Å². The fourth-order valence-corrected chi connectivity index (χ4v) is 2.74. The SMILES string of the molecule is CNCCCC1(C#N)OC(C)(C)c2ccccc21.Cl. The molecular formula is C15H21ClN2O. The van der Waals surface area contributed by atoms with E-state index >= 15 is 0 Å². The van der Waals surface area contributed by atoms with Gasteiger partial charge in [-0.25, -0.2) is 0 Å². The monoisotopic (exact) mass is 280 g/mol. The molecule has 104 valence electrons. The Kier molecular flexibility index (Phi) is 4.98. The minimum absolute atomic E-state index is 0. The Morgan fingerprint density at radius 2 is 1.89 bits per heavy atom. The summed E-state index contributed by atoms with van der Waals surface area (Å²) in [6, 6.07) is 10.5. The summed E-state index contributed by atoms with van der Waals surface area (Å²) in [6.07, 6.45) is 1.65. The molecule has 0 aliphatic carbocycles. The minimum atomic E-state index is -0.781. The smallest absolute Gasteiger partial charge is 0.181 e. The molecule has 1 N–H and O–H groups in total. The van der Waals surface area contributed by atoms with E-state index in [-0.39, 0.29) is 18.0 Å². The predicted molar refractivity (Wildman–Crippen MR) is 78.3 cm³/mol. The second-order valence-electron chi connectivity index (χ2n) is 5.30. The second-order valence-corrected chi connectivity index (χ2v) is 5.30. The summed E-state index contributed by atoms with van der Waals surface area (Å²) >= 11 is 0. The molecule has 19 heavy (non-hydrogen) atoms. The van der Waals surface area contributed by atoms with Crippen LogP contribution in [0.1, 0.15) is 37.8 Å². The Labute approximate surface area is 121 Å². The van der Waals surface area contributed by atoms with E-state index in [9.17, 15) is 5.26 Å². The van der Waals surface area contributed by atoms with Gasteiger partial charge in [0.2, 0.25) is 0 Å². The molecule has 0 saturated heterocycles. The highest BCUT2D eigenvalue weighted by Gasteiger charge is 2.48. The van der Waals surface area contributed by atoms with Gasteiger partial charge in [-0.15, -0.1) is 12.4 Å². The van der Waals surface area contributed by atoms with Crippen molar-refractivity contribution in [2.75, 3.05) is 13.6 Å². The standard InChI is InChI=1S/C15H20N2O.ClH/c1-14(2)12-7-4-5-8-13(12)15(11-16,18-14)9-6-10-17-3;/h4-5,7-8,17H,6,9-10H2,1-3H3;1H. The van der Waals surface area contributed by atoms with Crippen molar-refractivity contribution in [1.29, 1.82) is 5.26 Å². The van der Waals surface area contributed by atoms with Crippen LogP contribution in [-0.2, 0) is 15.9 Å². The molecule has 3 nitrogen and oxygen atoms in total. The van der Waals surface area contributed by atoms with Gasteiger partial charge in [0.15, 0.2) is 5.60 Å². The van der Waals surface area contributed by atoms with Gasteiger partial charge in [-0.2, -0.15) is 5.26 Å². The van der Waals surface area contributed by atoms with Gasteiger partial charge < -0.3 is 10.1 Å². The first-order valence-corrected chi connectivity index (χ1v) is 6.42. The number of nitrogens with zero attached hydrogens (tertiary/aromatic N) is 1. The minimum Gasteiger partial charge on any atom is -0.345 e. The molecule has 0 spiro atoms. The van der Waals surface area contributed by atoms with Crippen molar-refractivity contribution in [2.45, 2.75) is 37.9 Å².